The van der Waals surface area contributed by atoms with Crippen molar-refractivity contribution < 1.29 is 9.47 Å². The molecule has 0 aliphatic heterocycles. The minimum atomic E-state index is -0.0631. The molecule has 16 heavy (non-hydrogen) atoms. The molecule has 0 unspecified atom stereocenters. The van der Waals surface area contributed by atoms with E-state index >= 15 is 0 Å². The van der Waals surface area contributed by atoms with Gasteiger partial charge in [0.05, 0.1) is 19.5 Å². The Balaban J connectivity index is 2.27. The molecule has 6 heteroatoms. The topological polar surface area (TPSA) is 53.4 Å². The molecule has 0 aliphatic carbocycles. The van der Waals surface area contributed by atoms with Crippen LogP contribution in [0.5, 0.6) is 0 Å². The molecule has 0 bridgehead atoms. The number of aromatic nitrogens is 2. The number of methoxy groups -OCH3 is 1. The van der Waals surface area contributed by atoms with E-state index in [2.05, 4.69) is 20.9 Å². The molecule has 0 saturated carbocycles. The van der Waals surface area contributed by atoms with Crippen LogP contribution in [0.4, 0.5) is 0 Å². The third-order valence-electron chi connectivity index (χ3n) is 1.98. The summed E-state index contributed by atoms with van der Waals surface area (Å²) in [5.74, 6) is 0. The van der Waals surface area contributed by atoms with E-state index in [1.807, 2.05) is 0 Å². The highest BCUT2D eigenvalue weighted by atomic mass is 79.9. The number of halogens is 1. The number of rotatable bonds is 7. The molecule has 1 aromatic heterocycles. The molecule has 5 nitrogen and oxygen atoms in total. The standard InChI is InChI=1S/C10H15BrN2O3/c1-15-5-6-16-4-2-3-13-8-12-7-9(11)10(13)14/h7-8H,2-6H2,1H3. The van der Waals surface area contributed by atoms with Crippen LogP contribution < -0.4 is 5.56 Å². The Morgan fingerprint density at radius 2 is 2.25 bits per heavy atom. The van der Waals surface area contributed by atoms with E-state index in [1.165, 1.54) is 12.5 Å². The van der Waals surface area contributed by atoms with Crippen LogP contribution >= 0.6 is 15.9 Å². The molecule has 0 aliphatic rings. The average molecular weight is 291 g/mol. The summed E-state index contributed by atoms with van der Waals surface area (Å²) in [5.41, 5.74) is -0.0631. The third-order valence-corrected chi connectivity index (χ3v) is 2.52. The van der Waals surface area contributed by atoms with Gasteiger partial charge < -0.3 is 9.47 Å². The molecule has 0 spiro atoms. The molecule has 0 atom stereocenters. The van der Waals surface area contributed by atoms with Gasteiger partial charge in [0.2, 0.25) is 0 Å². The van der Waals surface area contributed by atoms with Crippen LogP contribution in [0.2, 0.25) is 0 Å². The maximum Gasteiger partial charge on any atom is 0.267 e. The van der Waals surface area contributed by atoms with Crippen molar-refractivity contribution in [1.82, 2.24) is 9.55 Å². The Bertz CT molecular complexity index is 367. The lowest BCUT2D eigenvalue weighted by molar-refractivity contribution is 0.0679. The van der Waals surface area contributed by atoms with Gasteiger partial charge in [0.25, 0.3) is 5.56 Å². The van der Waals surface area contributed by atoms with Crippen LogP contribution in [0.1, 0.15) is 6.42 Å². The van der Waals surface area contributed by atoms with Gasteiger partial charge >= 0.3 is 0 Å². The zero-order valence-corrected chi connectivity index (χ0v) is 10.8. The molecule has 0 aromatic carbocycles. The van der Waals surface area contributed by atoms with E-state index in [0.29, 0.717) is 30.8 Å². The number of hydrogen-bond donors (Lipinski definition) is 0. The number of hydrogen-bond acceptors (Lipinski definition) is 4. The zero-order valence-electron chi connectivity index (χ0n) is 9.19. The zero-order chi connectivity index (χ0) is 11.8. The highest BCUT2D eigenvalue weighted by molar-refractivity contribution is 9.10. The quantitative estimate of drug-likeness (QED) is 0.705. The van der Waals surface area contributed by atoms with E-state index in [1.54, 1.807) is 11.7 Å². The van der Waals surface area contributed by atoms with Crippen molar-refractivity contribution in [3.05, 3.63) is 27.4 Å². The molecule has 90 valence electrons. The lowest BCUT2D eigenvalue weighted by Gasteiger charge is -2.06. The summed E-state index contributed by atoms with van der Waals surface area (Å²) in [6.45, 7) is 2.40. The number of nitrogens with zero attached hydrogens (tertiary/aromatic N) is 2. The first kappa shape index (κ1) is 13.3. The summed E-state index contributed by atoms with van der Waals surface area (Å²) in [7, 11) is 1.64. The summed E-state index contributed by atoms with van der Waals surface area (Å²) in [5, 5.41) is 0. The predicted molar refractivity (Wildman–Crippen MR) is 63.5 cm³/mol. The first-order valence-corrected chi connectivity index (χ1v) is 5.81. The predicted octanol–water partition coefficient (Wildman–Crippen LogP) is 1.06. The van der Waals surface area contributed by atoms with Crippen LogP contribution in [0.25, 0.3) is 0 Å². The van der Waals surface area contributed by atoms with Crippen molar-refractivity contribution in [2.24, 2.45) is 0 Å². The molecule has 0 saturated heterocycles. The van der Waals surface area contributed by atoms with E-state index in [-0.39, 0.29) is 5.56 Å². The fourth-order valence-electron chi connectivity index (χ4n) is 1.16. The van der Waals surface area contributed by atoms with Gasteiger partial charge in [-0.15, -0.1) is 0 Å². The second-order valence-electron chi connectivity index (χ2n) is 3.20. The van der Waals surface area contributed by atoms with Gasteiger partial charge in [-0.05, 0) is 22.4 Å². The van der Waals surface area contributed by atoms with Crippen LogP contribution in [-0.2, 0) is 16.0 Å². The molecule has 1 aromatic rings. The number of ether oxygens (including phenoxy) is 2. The van der Waals surface area contributed by atoms with E-state index in [0.717, 1.165) is 6.42 Å². The summed E-state index contributed by atoms with van der Waals surface area (Å²) in [6, 6.07) is 0. The number of aryl methyl sites for hydroxylation is 1. The van der Waals surface area contributed by atoms with E-state index in [4.69, 9.17) is 9.47 Å². The molecule has 0 N–H and O–H groups in total. The highest BCUT2D eigenvalue weighted by Crippen LogP contribution is 1.98. The normalized spacial score (nSPS) is 10.6. The minimum Gasteiger partial charge on any atom is -0.382 e. The van der Waals surface area contributed by atoms with Crippen molar-refractivity contribution in [2.45, 2.75) is 13.0 Å². The summed E-state index contributed by atoms with van der Waals surface area (Å²) >= 11 is 3.15. The van der Waals surface area contributed by atoms with Crippen molar-refractivity contribution in [1.29, 1.82) is 0 Å². The maximum atomic E-state index is 11.6. The van der Waals surface area contributed by atoms with E-state index < -0.39 is 0 Å². The lowest BCUT2D eigenvalue weighted by atomic mass is 10.4. The Kier molecular flexibility index (Phi) is 6.29. The lowest BCUT2D eigenvalue weighted by Crippen LogP contribution is -2.21. The third kappa shape index (κ3) is 4.42. The fraction of sp³-hybridized carbons (Fsp3) is 0.600. The van der Waals surface area contributed by atoms with Gasteiger partial charge in [0.15, 0.2) is 0 Å². The summed E-state index contributed by atoms with van der Waals surface area (Å²) in [4.78, 5) is 15.5. The van der Waals surface area contributed by atoms with Crippen molar-refractivity contribution in [2.75, 3.05) is 26.9 Å². The summed E-state index contributed by atoms with van der Waals surface area (Å²) < 4.78 is 12.2. The van der Waals surface area contributed by atoms with Gasteiger partial charge in [-0.1, -0.05) is 0 Å². The molecule has 1 heterocycles. The average Bonchev–Trinajstić information content (AvgIpc) is 2.29. The fourth-order valence-corrected chi connectivity index (χ4v) is 1.51. The van der Waals surface area contributed by atoms with Crippen LogP contribution in [0, 0.1) is 0 Å². The van der Waals surface area contributed by atoms with Gasteiger partial charge in [0.1, 0.15) is 4.47 Å². The van der Waals surface area contributed by atoms with Crippen molar-refractivity contribution in [3.8, 4) is 0 Å². The smallest absolute Gasteiger partial charge is 0.267 e. The van der Waals surface area contributed by atoms with Gasteiger partial charge in [-0.25, -0.2) is 4.98 Å². The molecular formula is C10H15BrN2O3. The Hall–Kier alpha value is -0.720. The summed E-state index contributed by atoms with van der Waals surface area (Å²) in [6.07, 6.45) is 3.80. The highest BCUT2D eigenvalue weighted by Gasteiger charge is 2.00. The molecule has 1 rings (SSSR count). The monoisotopic (exact) mass is 290 g/mol. The van der Waals surface area contributed by atoms with Crippen molar-refractivity contribution in [3.63, 3.8) is 0 Å². The van der Waals surface area contributed by atoms with Gasteiger partial charge in [-0.2, -0.15) is 0 Å². The Morgan fingerprint density at radius 1 is 1.44 bits per heavy atom. The van der Waals surface area contributed by atoms with E-state index in [9.17, 15) is 4.79 Å². The second-order valence-corrected chi connectivity index (χ2v) is 4.05. The molecule has 0 fully saturated rings. The Morgan fingerprint density at radius 3 is 3.00 bits per heavy atom. The Labute approximate surface area is 103 Å². The maximum absolute atomic E-state index is 11.6. The largest absolute Gasteiger partial charge is 0.382 e. The second kappa shape index (κ2) is 7.54. The van der Waals surface area contributed by atoms with Gasteiger partial charge in [-0.3, -0.25) is 9.36 Å². The van der Waals surface area contributed by atoms with Crippen molar-refractivity contribution >= 4 is 15.9 Å². The molecule has 0 radical (unpaired) electrons. The van der Waals surface area contributed by atoms with Crippen LogP contribution in [0.3, 0.4) is 0 Å². The first-order chi connectivity index (χ1) is 7.75. The molecule has 0 amide bonds. The van der Waals surface area contributed by atoms with Gasteiger partial charge in [0, 0.05) is 26.5 Å². The van der Waals surface area contributed by atoms with Crippen LogP contribution in [0.15, 0.2) is 21.8 Å². The minimum absolute atomic E-state index is 0.0631. The molecular weight excluding hydrogens is 276 g/mol. The SMILES string of the molecule is COCCOCCCn1cncc(Br)c1=O. The first-order valence-electron chi connectivity index (χ1n) is 5.02. The van der Waals surface area contributed by atoms with Crippen LogP contribution in [-0.4, -0.2) is 36.5 Å².